The lowest BCUT2D eigenvalue weighted by Gasteiger charge is -2.26. The van der Waals surface area contributed by atoms with Crippen LogP contribution in [-0.4, -0.2) is 9.55 Å². The third kappa shape index (κ3) is 2.34. The molecule has 0 fully saturated rings. The molecular formula is C13H21BrN2. The summed E-state index contributed by atoms with van der Waals surface area (Å²) in [6, 6.07) is 0.611. The van der Waals surface area contributed by atoms with Gasteiger partial charge in [-0.05, 0) is 47.5 Å². The summed E-state index contributed by atoms with van der Waals surface area (Å²) in [5.41, 5.74) is 1.71. The molecule has 16 heavy (non-hydrogen) atoms. The minimum atomic E-state index is 0.304. The highest BCUT2D eigenvalue weighted by Gasteiger charge is 2.25. The van der Waals surface area contributed by atoms with E-state index in [1.165, 1.54) is 30.8 Å². The second-order valence-corrected chi connectivity index (χ2v) is 6.87. The number of halogens is 1. The van der Waals surface area contributed by atoms with Crippen molar-refractivity contribution in [3.05, 3.63) is 16.1 Å². The molecule has 1 aliphatic rings. The van der Waals surface area contributed by atoms with Crippen LogP contribution in [0.15, 0.2) is 4.60 Å². The molecule has 0 saturated heterocycles. The molecule has 2 rings (SSSR count). The van der Waals surface area contributed by atoms with Gasteiger partial charge in [-0.25, -0.2) is 4.98 Å². The summed E-state index contributed by atoms with van der Waals surface area (Å²) in [4.78, 5) is 4.71. The van der Waals surface area contributed by atoms with E-state index in [1.54, 1.807) is 0 Å². The van der Waals surface area contributed by atoms with Crippen molar-refractivity contribution in [1.29, 1.82) is 0 Å². The summed E-state index contributed by atoms with van der Waals surface area (Å²) in [5, 5.41) is 0. The van der Waals surface area contributed by atoms with Crippen LogP contribution in [0.5, 0.6) is 0 Å². The minimum absolute atomic E-state index is 0.304. The van der Waals surface area contributed by atoms with E-state index < -0.39 is 0 Å². The van der Waals surface area contributed by atoms with Gasteiger partial charge < -0.3 is 4.57 Å². The fourth-order valence-electron chi connectivity index (χ4n) is 2.52. The van der Waals surface area contributed by atoms with Crippen molar-refractivity contribution < 1.29 is 0 Å². The molecule has 0 N–H and O–H groups in total. The molecule has 0 radical (unpaired) electrons. The molecule has 3 heteroatoms. The first-order valence-electron chi connectivity index (χ1n) is 6.14. The summed E-state index contributed by atoms with van der Waals surface area (Å²) in [5.74, 6) is 1.25. The van der Waals surface area contributed by atoms with E-state index in [-0.39, 0.29) is 0 Å². The van der Waals surface area contributed by atoms with Crippen LogP contribution < -0.4 is 0 Å². The van der Waals surface area contributed by atoms with E-state index in [2.05, 4.69) is 48.2 Å². The Labute approximate surface area is 107 Å². The van der Waals surface area contributed by atoms with Gasteiger partial charge in [0.25, 0.3) is 0 Å². The van der Waals surface area contributed by atoms with Crippen LogP contribution in [-0.2, 0) is 12.8 Å². The average Bonchev–Trinajstić information content (AvgIpc) is 2.42. The molecule has 2 nitrogen and oxygen atoms in total. The molecular weight excluding hydrogens is 264 g/mol. The maximum Gasteiger partial charge on any atom is 0.127 e. The van der Waals surface area contributed by atoms with Gasteiger partial charge in [-0.15, -0.1) is 0 Å². The third-order valence-electron chi connectivity index (χ3n) is 3.20. The molecule has 0 aromatic carbocycles. The fourth-order valence-corrected chi connectivity index (χ4v) is 3.12. The second kappa shape index (κ2) is 4.17. The van der Waals surface area contributed by atoms with Crippen molar-refractivity contribution in [2.75, 3.05) is 0 Å². The Hall–Kier alpha value is -0.310. The lowest BCUT2D eigenvalue weighted by Crippen LogP contribution is -2.20. The monoisotopic (exact) mass is 284 g/mol. The van der Waals surface area contributed by atoms with Crippen molar-refractivity contribution in [2.24, 2.45) is 5.41 Å². The van der Waals surface area contributed by atoms with Gasteiger partial charge in [-0.2, -0.15) is 0 Å². The summed E-state index contributed by atoms with van der Waals surface area (Å²) in [6.07, 6.45) is 4.80. The molecule has 1 aliphatic heterocycles. The largest absolute Gasteiger partial charge is 0.328 e. The second-order valence-electron chi connectivity index (χ2n) is 6.11. The highest BCUT2D eigenvalue weighted by Crippen LogP contribution is 2.33. The Morgan fingerprint density at radius 1 is 1.44 bits per heavy atom. The molecule has 1 aromatic heterocycles. The Balaban J connectivity index is 2.39. The number of rotatable bonds is 1. The quantitative estimate of drug-likeness (QED) is 0.758. The van der Waals surface area contributed by atoms with Gasteiger partial charge in [0.05, 0.1) is 5.69 Å². The molecule has 90 valence electrons. The Morgan fingerprint density at radius 3 is 2.75 bits per heavy atom. The maximum atomic E-state index is 4.71. The van der Waals surface area contributed by atoms with Crippen LogP contribution in [0.3, 0.4) is 0 Å². The summed E-state index contributed by atoms with van der Waals surface area (Å²) in [7, 11) is 0. The third-order valence-corrected chi connectivity index (χ3v) is 3.83. The van der Waals surface area contributed by atoms with E-state index in [9.17, 15) is 0 Å². The van der Waals surface area contributed by atoms with Crippen molar-refractivity contribution in [3.8, 4) is 0 Å². The Morgan fingerprint density at radius 2 is 2.12 bits per heavy atom. The summed E-state index contributed by atoms with van der Waals surface area (Å²) in [6.45, 7) is 9.13. The first kappa shape index (κ1) is 12.2. The van der Waals surface area contributed by atoms with Gasteiger partial charge in [0.15, 0.2) is 0 Å². The van der Waals surface area contributed by atoms with E-state index in [1.807, 2.05) is 0 Å². The van der Waals surface area contributed by atoms with Crippen LogP contribution >= 0.6 is 15.9 Å². The number of nitrogens with zero attached hydrogens (tertiary/aromatic N) is 2. The number of hydrogen-bond acceptors (Lipinski definition) is 1. The number of imidazole rings is 1. The SMILES string of the molecule is CC1CCCc2c(Br)nc(CC(C)(C)C)n21. The van der Waals surface area contributed by atoms with Crippen LogP contribution in [0, 0.1) is 5.41 Å². The van der Waals surface area contributed by atoms with E-state index in [0.717, 1.165) is 11.0 Å². The molecule has 0 spiro atoms. The smallest absolute Gasteiger partial charge is 0.127 e. The molecule has 0 aliphatic carbocycles. The van der Waals surface area contributed by atoms with Gasteiger partial charge in [0.2, 0.25) is 0 Å². The van der Waals surface area contributed by atoms with Crippen LogP contribution in [0.25, 0.3) is 0 Å². The number of hydrogen-bond donors (Lipinski definition) is 0. The molecule has 2 heterocycles. The van der Waals surface area contributed by atoms with Crippen molar-refractivity contribution in [3.63, 3.8) is 0 Å². The van der Waals surface area contributed by atoms with Crippen molar-refractivity contribution in [1.82, 2.24) is 9.55 Å². The lowest BCUT2D eigenvalue weighted by molar-refractivity contribution is 0.362. The maximum absolute atomic E-state index is 4.71. The molecule has 1 aromatic rings. The molecule has 1 atom stereocenters. The molecule has 1 unspecified atom stereocenters. The summed E-state index contributed by atoms with van der Waals surface area (Å²) < 4.78 is 3.53. The van der Waals surface area contributed by atoms with Crippen LogP contribution in [0.4, 0.5) is 0 Å². The fraction of sp³-hybridized carbons (Fsp3) is 0.769. The normalized spacial score (nSPS) is 20.9. The van der Waals surface area contributed by atoms with Crippen molar-refractivity contribution >= 4 is 15.9 Å². The number of aromatic nitrogens is 2. The predicted molar refractivity (Wildman–Crippen MR) is 70.7 cm³/mol. The van der Waals surface area contributed by atoms with Crippen LogP contribution in [0.2, 0.25) is 0 Å². The highest BCUT2D eigenvalue weighted by molar-refractivity contribution is 9.10. The first-order chi connectivity index (χ1) is 7.38. The van der Waals surface area contributed by atoms with E-state index in [4.69, 9.17) is 4.98 Å². The number of fused-ring (bicyclic) bond motifs is 1. The highest BCUT2D eigenvalue weighted by atomic mass is 79.9. The topological polar surface area (TPSA) is 17.8 Å². The molecule has 0 saturated carbocycles. The first-order valence-corrected chi connectivity index (χ1v) is 6.93. The Kier molecular flexibility index (Phi) is 3.17. The van der Waals surface area contributed by atoms with E-state index >= 15 is 0 Å². The van der Waals surface area contributed by atoms with Crippen LogP contribution in [0.1, 0.15) is 58.1 Å². The van der Waals surface area contributed by atoms with Gasteiger partial charge in [0, 0.05) is 12.5 Å². The Bertz CT molecular complexity index is 387. The zero-order chi connectivity index (χ0) is 11.9. The molecule has 0 amide bonds. The van der Waals surface area contributed by atoms with Gasteiger partial charge >= 0.3 is 0 Å². The van der Waals surface area contributed by atoms with Crippen molar-refractivity contribution in [2.45, 2.75) is 59.4 Å². The zero-order valence-electron chi connectivity index (χ0n) is 10.7. The minimum Gasteiger partial charge on any atom is -0.328 e. The van der Waals surface area contributed by atoms with Gasteiger partial charge in [-0.3, -0.25) is 0 Å². The average molecular weight is 285 g/mol. The van der Waals surface area contributed by atoms with Gasteiger partial charge in [-0.1, -0.05) is 20.8 Å². The zero-order valence-corrected chi connectivity index (χ0v) is 12.3. The predicted octanol–water partition coefficient (Wildman–Crippen LogP) is 4.13. The van der Waals surface area contributed by atoms with E-state index in [0.29, 0.717) is 11.5 Å². The van der Waals surface area contributed by atoms with Gasteiger partial charge in [0.1, 0.15) is 10.4 Å². The lowest BCUT2D eigenvalue weighted by atomic mass is 9.91. The molecule has 0 bridgehead atoms. The standard InChI is InChI=1S/C13H21BrN2/c1-9-6-5-7-10-12(14)15-11(16(9)10)8-13(2,3)4/h9H,5-8H2,1-4H3. The summed E-state index contributed by atoms with van der Waals surface area (Å²) >= 11 is 3.61.